The highest BCUT2D eigenvalue weighted by atomic mass is 79.9. The number of piperidine rings is 1. The van der Waals surface area contributed by atoms with Crippen molar-refractivity contribution in [2.45, 2.75) is 25.2 Å². The van der Waals surface area contributed by atoms with Crippen molar-refractivity contribution in [1.82, 2.24) is 5.32 Å². The van der Waals surface area contributed by atoms with Crippen molar-refractivity contribution < 1.29 is 4.74 Å². The van der Waals surface area contributed by atoms with E-state index in [0.29, 0.717) is 5.92 Å². The highest BCUT2D eigenvalue weighted by Crippen LogP contribution is 2.40. The zero-order chi connectivity index (χ0) is 13.1. The van der Waals surface area contributed by atoms with E-state index in [9.17, 15) is 0 Å². The molecular formula is C16H22BrNO. The molecule has 0 bridgehead atoms. The Morgan fingerprint density at radius 1 is 1.21 bits per heavy atom. The predicted molar refractivity (Wildman–Crippen MR) is 81.4 cm³/mol. The summed E-state index contributed by atoms with van der Waals surface area (Å²) in [6, 6.07) is 8.70. The Kier molecular flexibility index (Phi) is 4.57. The van der Waals surface area contributed by atoms with E-state index in [0.717, 1.165) is 38.1 Å². The molecule has 1 aromatic rings. The van der Waals surface area contributed by atoms with Crippen molar-refractivity contribution in [2.75, 3.05) is 26.3 Å². The Balaban J connectivity index is 1.82. The monoisotopic (exact) mass is 323 g/mol. The highest BCUT2D eigenvalue weighted by Gasteiger charge is 2.34. The molecule has 3 heteroatoms. The SMILES string of the molecule is Brc1ccccc1C1CNCCC1C1CCCOC1. The van der Waals surface area contributed by atoms with Crippen LogP contribution in [0.5, 0.6) is 0 Å². The summed E-state index contributed by atoms with van der Waals surface area (Å²) in [4.78, 5) is 0. The van der Waals surface area contributed by atoms with Gasteiger partial charge in [-0.1, -0.05) is 34.1 Å². The molecule has 0 radical (unpaired) electrons. The summed E-state index contributed by atoms with van der Waals surface area (Å²) in [5, 5.41) is 3.57. The van der Waals surface area contributed by atoms with Crippen LogP contribution in [0.2, 0.25) is 0 Å². The third kappa shape index (κ3) is 3.04. The Bertz CT molecular complexity index is 417. The third-order valence-electron chi connectivity index (χ3n) is 4.64. The molecule has 3 atom stereocenters. The van der Waals surface area contributed by atoms with Crippen LogP contribution in [0.1, 0.15) is 30.7 Å². The molecule has 0 aromatic heterocycles. The highest BCUT2D eigenvalue weighted by molar-refractivity contribution is 9.10. The summed E-state index contributed by atoms with van der Waals surface area (Å²) in [6.45, 7) is 4.18. The van der Waals surface area contributed by atoms with Gasteiger partial charge < -0.3 is 10.1 Å². The maximum Gasteiger partial charge on any atom is 0.0497 e. The van der Waals surface area contributed by atoms with E-state index in [-0.39, 0.29) is 0 Å². The number of nitrogens with one attached hydrogen (secondary N) is 1. The predicted octanol–water partition coefficient (Wildman–Crippen LogP) is 3.57. The molecule has 2 nitrogen and oxygen atoms in total. The van der Waals surface area contributed by atoms with E-state index in [4.69, 9.17) is 4.74 Å². The maximum absolute atomic E-state index is 5.72. The molecule has 3 unspecified atom stereocenters. The zero-order valence-electron chi connectivity index (χ0n) is 11.3. The van der Waals surface area contributed by atoms with Crippen molar-refractivity contribution in [2.24, 2.45) is 11.8 Å². The number of rotatable bonds is 2. The minimum absolute atomic E-state index is 0.621. The molecular weight excluding hydrogens is 302 g/mol. The van der Waals surface area contributed by atoms with E-state index in [1.54, 1.807) is 0 Å². The van der Waals surface area contributed by atoms with Crippen LogP contribution in [-0.2, 0) is 4.74 Å². The average Bonchev–Trinajstić information content (AvgIpc) is 2.49. The quantitative estimate of drug-likeness (QED) is 0.898. The minimum Gasteiger partial charge on any atom is -0.381 e. The van der Waals surface area contributed by atoms with E-state index in [2.05, 4.69) is 45.5 Å². The normalized spacial score (nSPS) is 32.2. The average molecular weight is 324 g/mol. The Morgan fingerprint density at radius 2 is 2.11 bits per heavy atom. The van der Waals surface area contributed by atoms with Crippen LogP contribution >= 0.6 is 15.9 Å². The summed E-state index contributed by atoms with van der Waals surface area (Å²) < 4.78 is 6.97. The third-order valence-corrected chi connectivity index (χ3v) is 5.36. The molecule has 104 valence electrons. The lowest BCUT2D eigenvalue weighted by molar-refractivity contribution is 0.0184. The molecule has 2 fully saturated rings. The largest absolute Gasteiger partial charge is 0.381 e. The molecule has 0 amide bonds. The lowest BCUT2D eigenvalue weighted by Gasteiger charge is -2.39. The van der Waals surface area contributed by atoms with E-state index in [1.165, 1.54) is 29.3 Å². The molecule has 3 rings (SSSR count). The summed E-state index contributed by atoms with van der Waals surface area (Å²) in [6.07, 6.45) is 3.85. The van der Waals surface area contributed by atoms with Crippen molar-refractivity contribution in [3.63, 3.8) is 0 Å². The van der Waals surface area contributed by atoms with Crippen LogP contribution in [-0.4, -0.2) is 26.3 Å². The Labute approximate surface area is 124 Å². The fraction of sp³-hybridized carbons (Fsp3) is 0.625. The van der Waals surface area contributed by atoms with Crippen LogP contribution in [0.4, 0.5) is 0 Å². The van der Waals surface area contributed by atoms with Gasteiger partial charge in [-0.15, -0.1) is 0 Å². The summed E-state index contributed by atoms with van der Waals surface area (Å²) in [5.41, 5.74) is 1.46. The van der Waals surface area contributed by atoms with Gasteiger partial charge in [0.2, 0.25) is 0 Å². The fourth-order valence-corrected chi connectivity index (χ4v) is 4.24. The molecule has 19 heavy (non-hydrogen) atoms. The first kappa shape index (κ1) is 13.6. The molecule has 1 aromatic carbocycles. The van der Waals surface area contributed by atoms with Gasteiger partial charge >= 0.3 is 0 Å². The van der Waals surface area contributed by atoms with Gasteiger partial charge in [0.05, 0.1) is 0 Å². The van der Waals surface area contributed by atoms with Crippen LogP contribution < -0.4 is 5.32 Å². The summed E-state index contributed by atoms with van der Waals surface area (Å²) >= 11 is 3.72. The van der Waals surface area contributed by atoms with Gasteiger partial charge in [-0.2, -0.15) is 0 Å². The van der Waals surface area contributed by atoms with Crippen molar-refractivity contribution in [3.8, 4) is 0 Å². The van der Waals surface area contributed by atoms with Gasteiger partial charge in [-0.05, 0) is 49.3 Å². The van der Waals surface area contributed by atoms with Crippen molar-refractivity contribution >= 4 is 15.9 Å². The first-order valence-corrected chi connectivity index (χ1v) is 8.18. The molecule has 0 saturated carbocycles. The lowest BCUT2D eigenvalue weighted by atomic mass is 9.72. The number of hydrogen-bond acceptors (Lipinski definition) is 2. The summed E-state index contributed by atoms with van der Waals surface area (Å²) in [7, 11) is 0. The van der Waals surface area contributed by atoms with Crippen molar-refractivity contribution in [1.29, 1.82) is 0 Å². The number of benzene rings is 1. The van der Waals surface area contributed by atoms with Crippen LogP contribution in [0, 0.1) is 11.8 Å². The maximum atomic E-state index is 5.72. The van der Waals surface area contributed by atoms with Gasteiger partial charge in [0.25, 0.3) is 0 Å². The van der Waals surface area contributed by atoms with Crippen LogP contribution in [0.25, 0.3) is 0 Å². The number of hydrogen-bond donors (Lipinski definition) is 1. The molecule has 0 aliphatic carbocycles. The fourth-order valence-electron chi connectivity index (χ4n) is 3.66. The molecule has 2 aliphatic rings. The topological polar surface area (TPSA) is 21.3 Å². The molecule has 0 spiro atoms. The molecule has 1 N–H and O–H groups in total. The molecule has 2 heterocycles. The number of ether oxygens (including phenoxy) is 1. The first-order valence-electron chi connectivity index (χ1n) is 7.39. The first-order chi connectivity index (χ1) is 9.36. The van der Waals surface area contributed by atoms with E-state index >= 15 is 0 Å². The standard InChI is InChI=1S/C16H22BrNO/c17-16-6-2-1-5-14(16)15-10-18-8-7-13(15)12-4-3-9-19-11-12/h1-2,5-6,12-13,15,18H,3-4,7-11H2. The van der Waals surface area contributed by atoms with Gasteiger partial charge in [0, 0.05) is 30.1 Å². The Morgan fingerprint density at radius 3 is 2.89 bits per heavy atom. The zero-order valence-corrected chi connectivity index (χ0v) is 12.9. The second-order valence-corrected chi connectivity index (χ2v) is 6.62. The van der Waals surface area contributed by atoms with E-state index < -0.39 is 0 Å². The van der Waals surface area contributed by atoms with Gasteiger partial charge in [0.1, 0.15) is 0 Å². The second kappa shape index (κ2) is 6.38. The minimum atomic E-state index is 0.621. The lowest BCUT2D eigenvalue weighted by Crippen LogP contribution is -2.40. The smallest absolute Gasteiger partial charge is 0.0497 e. The Hall–Kier alpha value is -0.380. The molecule has 2 aliphatic heterocycles. The summed E-state index contributed by atoms with van der Waals surface area (Å²) in [5.74, 6) is 2.13. The van der Waals surface area contributed by atoms with Crippen LogP contribution in [0.15, 0.2) is 28.7 Å². The van der Waals surface area contributed by atoms with Gasteiger partial charge in [-0.3, -0.25) is 0 Å². The van der Waals surface area contributed by atoms with E-state index in [1.807, 2.05) is 0 Å². The second-order valence-electron chi connectivity index (χ2n) is 5.76. The van der Waals surface area contributed by atoms with Crippen molar-refractivity contribution in [3.05, 3.63) is 34.3 Å². The number of halogens is 1. The van der Waals surface area contributed by atoms with Gasteiger partial charge in [-0.25, -0.2) is 0 Å². The van der Waals surface area contributed by atoms with Crippen LogP contribution in [0.3, 0.4) is 0 Å². The molecule has 2 saturated heterocycles. The van der Waals surface area contributed by atoms with Gasteiger partial charge in [0.15, 0.2) is 0 Å².